The number of hydrogen-bond acceptors (Lipinski definition) is 4. The van der Waals surface area contributed by atoms with Crippen molar-refractivity contribution in [1.82, 2.24) is 9.99 Å². The second kappa shape index (κ2) is 34.6. The minimum absolute atomic E-state index is 0. The van der Waals surface area contributed by atoms with E-state index in [1.807, 2.05) is 111 Å². The molecule has 0 fully saturated rings. The fourth-order valence-electron chi connectivity index (χ4n) is 7.06. The first-order chi connectivity index (χ1) is 34.4. The van der Waals surface area contributed by atoms with Crippen LogP contribution in [0.3, 0.4) is 0 Å². The number of para-hydroxylation sites is 3. The predicted octanol–water partition coefficient (Wildman–Crippen LogP) is 16.4. The molecular weight excluding hydrogens is 952 g/mol. The van der Waals surface area contributed by atoms with Gasteiger partial charge in [-0.15, -0.1) is 22.6 Å². The van der Waals surface area contributed by atoms with E-state index in [0.29, 0.717) is 5.92 Å². The molecule has 0 spiro atoms. The zero-order valence-corrected chi connectivity index (χ0v) is 45.5. The van der Waals surface area contributed by atoms with Crippen LogP contribution in [0.2, 0.25) is 0 Å². The molecule has 2 aliphatic carbocycles. The Morgan fingerprint density at radius 1 is 0.625 bits per heavy atom. The number of nitrogens with zero attached hydrogens (tertiary/aromatic N) is 3. The van der Waals surface area contributed by atoms with E-state index in [1.54, 1.807) is 12.2 Å². The first-order valence-electron chi connectivity index (χ1n) is 23.5. The van der Waals surface area contributed by atoms with Gasteiger partial charge in [0.25, 0.3) is 0 Å². The smallest absolute Gasteiger partial charge is 0.0636 e. The van der Waals surface area contributed by atoms with Crippen LogP contribution in [-0.2, 0) is 32.7 Å². The number of nitrogens with one attached hydrogen (secondary N) is 2. The third-order valence-electron chi connectivity index (χ3n) is 10.6. The van der Waals surface area contributed by atoms with E-state index >= 15 is 0 Å². The average Bonchev–Trinajstić information content (AvgIpc) is 3.55. The van der Waals surface area contributed by atoms with Crippen molar-refractivity contribution in [3.63, 3.8) is 0 Å². The molecule has 72 heavy (non-hydrogen) atoms. The number of benzene rings is 6. The average molecular weight is 1020 g/mol. The van der Waals surface area contributed by atoms with Crippen LogP contribution in [0.1, 0.15) is 28.7 Å². The van der Waals surface area contributed by atoms with Gasteiger partial charge in [-0.3, -0.25) is 9.69 Å². The van der Waals surface area contributed by atoms with Crippen LogP contribution >= 0.6 is 0 Å². The Kier molecular flexibility index (Phi) is 28.2. The molecule has 1 radical (unpaired) electrons. The Labute approximate surface area is 457 Å². The summed E-state index contributed by atoms with van der Waals surface area (Å²) in [6.07, 6.45) is 30.6. The van der Waals surface area contributed by atoms with Crippen molar-refractivity contribution in [2.24, 2.45) is 5.92 Å². The molecule has 5 nitrogen and oxygen atoms in total. The van der Waals surface area contributed by atoms with Gasteiger partial charge in [0.2, 0.25) is 0 Å². The standard InChI is InChI=1S/C22H24N2.C17H17N3.C12H9.2C7H8.CH3.Y/c1-23-20-11-9-10-19(16-17-20)18-24(22-14-7-4-8-15-22)21-12-5-2-3-6-13-21;1-18-15-12-13-19(14-15)20(16-8-4-2-5-9-16)17-10-6-3-7-11-17;1-3-6-11-8-5-9-12(10-11)7-4-2;2*1-7-5-3-2-4-6-7;;/h2,4-17,19,23H,3,18H2,1H3;2-14,18H,1H3;6-10H,1-2H2;2*2-6H,1H3;1H3;/q;;-1;;;-1;. The summed E-state index contributed by atoms with van der Waals surface area (Å²) in [6, 6.07) is 62.6. The summed E-state index contributed by atoms with van der Waals surface area (Å²) < 4.78 is 2.08. The van der Waals surface area contributed by atoms with E-state index in [1.165, 1.54) is 22.5 Å². The summed E-state index contributed by atoms with van der Waals surface area (Å²) in [6.45, 7) is 12.1. The van der Waals surface area contributed by atoms with E-state index in [4.69, 9.17) is 0 Å². The van der Waals surface area contributed by atoms with Crippen molar-refractivity contribution in [1.29, 1.82) is 0 Å². The Hall–Kier alpha value is -7.62. The number of allylic oxidation sites excluding steroid dienone is 8. The zero-order chi connectivity index (χ0) is 49.4. The fourth-order valence-corrected chi connectivity index (χ4v) is 7.06. The Morgan fingerprint density at radius 3 is 1.60 bits per heavy atom. The molecule has 1 atom stereocenters. The Balaban J connectivity index is 0.000000255. The van der Waals surface area contributed by atoms with Crippen molar-refractivity contribution >= 4 is 34.9 Å². The molecule has 6 aromatic carbocycles. The minimum Gasteiger partial charge on any atom is -0.388 e. The quantitative estimate of drug-likeness (QED) is 0.1000. The van der Waals surface area contributed by atoms with Gasteiger partial charge in [0.05, 0.1) is 23.3 Å². The molecule has 0 aliphatic heterocycles. The number of hydrogen-bond donors (Lipinski definition) is 2. The molecule has 1 heterocycles. The van der Waals surface area contributed by atoms with Crippen LogP contribution in [0.15, 0.2) is 285 Å². The van der Waals surface area contributed by atoms with Gasteiger partial charge in [0.1, 0.15) is 0 Å². The summed E-state index contributed by atoms with van der Waals surface area (Å²) in [5.41, 5.74) is 17.0. The molecule has 0 bridgehead atoms. The van der Waals surface area contributed by atoms with E-state index < -0.39 is 0 Å². The van der Waals surface area contributed by atoms with Gasteiger partial charge in [-0.1, -0.05) is 188 Å². The van der Waals surface area contributed by atoms with Gasteiger partial charge >= 0.3 is 0 Å². The molecule has 1 aromatic heterocycles. The number of aryl methyl sites for hydroxylation is 2. The SMILES string of the molecule is C=C=Cc1c[c-]cc(C=C=C)c1.CNC1=CC=CC(CN(C2=CC=CCC=C2)c2ccccc2)C=C1.CNc1ccn(N(c2ccccc2)c2ccccc2)c1.Cc1ccccc1.Cc1ccccc1.[CH3-].[Y]. The van der Waals surface area contributed by atoms with Crippen molar-refractivity contribution in [3.05, 3.63) is 321 Å². The molecule has 2 aliphatic rings. The van der Waals surface area contributed by atoms with Gasteiger partial charge in [0, 0.05) is 82.5 Å². The topological polar surface area (TPSA) is 35.5 Å². The molecule has 9 rings (SSSR count). The zero-order valence-electron chi connectivity index (χ0n) is 42.7. The summed E-state index contributed by atoms with van der Waals surface area (Å²) in [4.78, 5) is 2.38. The maximum absolute atomic E-state index is 3.50. The van der Waals surface area contributed by atoms with Crippen LogP contribution in [0.4, 0.5) is 22.7 Å². The van der Waals surface area contributed by atoms with Crippen molar-refractivity contribution in [2.75, 3.05) is 35.9 Å². The van der Waals surface area contributed by atoms with E-state index in [0.717, 1.165) is 46.9 Å². The number of anilines is 4. The Bertz CT molecular complexity index is 2750. The summed E-state index contributed by atoms with van der Waals surface area (Å²) >= 11 is 0. The van der Waals surface area contributed by atoms with Gasteiger partial charge in [-0.05, 0) is 87.0 Å². The monoisotopic (exact) mass is 1020 g/mol. The molecule has 0 saturated heterocycles. The second-order valence-electron chi connectivity index (χ2n) is 16.0. The molecule has 0 saturated carbocycles. The van der Waals surface area contributed by atoms with Gasteiger partial charge < -0.3 is 23.0 Å². The molecule has 1 unspecified atom stereocenters. The van der Waals surface area contributed by atoms with E-state index in [9.17, 15) is 0 Å². The van der Waals surface area contributed by atoms with Crippen LogP contribution in [0, 0.1) is 33.3 Å². The van der Waals surface area contributed by atoms with Crippen LogP contribution in [0.25, 0.3) is 12.2 Å². The molecule has 2 N–H and O–H groups in total. The van der Waals surface area contributed by atoms with Gasteiger partial charge in [-0.2, -0.15) is 24.3 Å². The fraction of sp³-hybridized carbons (Fsp3) is 0.106. The molecule has 0 amide bonds. The normalized spacial score (nSPS) is 12.3. The molecule has 7 aromatic rings. The first kappa shape index (κ1) is 58.7. The van der Waals surface area contributed by atoms with Crippen LogP contribution in [-0.4, -0.2) is 25.3 Å². The Morgan fingerprint density at radius 2 is 1.14 bits per heavy atom. The molecule has 6 heteroatoms. The van der Waals surface area contributed by atoms with Crippen molar-refractivity contribution in [3.8, 4) is 0 Å². The predicted molar refractivity (Wildman–Crippen MR) is 309 cm³/mol. The maximum Gasteiger partial charge on any atom is 0.0636 e. The third-order valence-corrected chi connectivity index (χ3v) is 10.6. The maximum atomic E-state index is 3.50. The van der Waals surface area contributed by atoms with Crippen molar-refractivity contribution < 1.29 is 32.7 Å². The summed E-state index contributed by atoms with van der Waals surface area (Å²) in [5, 5.41) is 8.52. The van der Waals surface area contributed by atoms with Crippen molar-refractivity contribution in [2.45, 2.75) is 20.3 Å². The molecule has 363 valence electrons. The van der Waals surface area contributed by atoms with Crippen LogP contribution in [0.5, 0.6) is 0 Å². The molecular formula is C66H69N5Y-2. The summed E-state index contributed by atoms with van der Waals surface area (Å²) in [7, 11) is 3.88. The second-order valence-corrected chi connectivity index (χ2v) is 16.0. The van der Waals surface area contributed by atoms with E-state index in [-0.39, 0.29) is 40.1 Å². The number of rotatable bonds is 11. The minimum atomic E-state index is 0. The largest absolute Gasteiger partial charge is 0.388 e. The first-order valence-corrected chi connectivity index (χ1v) is 23.5. The number of aromatic nitrogens is 1. The summed E-state index contributed by atoms with van der Waals surface area (Å²) in [5.74, 6) is 0.355. The van der Waals surface area contributed by atoms with E-state index in [2.05, 4.69) is 222 Å². The van der Waals surface area contributed by atoms with Crippen LogP contribution < -0.4 is 20.5 Å². The van der Waals surface area contributed by atoms with Gasteiger partial charge in [0.15, 0.2) is 0 Å². The van der Waals surface area contributed by atoms with Gasteiger partial charge in [-0.25, -0.2) is 0 Å². The third kappa shape index (κ3) is 21.2. The number of likely N-dealkylation sites (N-methyl/N-ethyl adjacent to an activating group) is 1.